The summed E-state index contributed by atoms with van der Waals surface area (Å²) in [5, 5.41) is 11.1. The maximum absolute atomic E-state index is 16.9. The Bertz CT molecular complexity index is 4040. The van der Waals surface area contributed by atoms with E-state index in [-0.39, 0.29) is 72.7 Å². The van der Waals surface area contributed by atoms with Gasteiger partial charge in [0.1, 0.15) is 46.8 Å². The number of carbonyl (C=O) groups excluding carboxylic acids is 8. The van der Waals surface area contributed by atoms with Gasteiger partial charge in [-0.2, -0.15) is 0 Å². The van der Waals surface area contributed by atoms with Crippen molar-refractivity contribution < 1.29 is 85.7 Å². The Morgan fingerprint density at radius 1 is 0.549 bits per heavy atom. The van der Waals surface area contributed by atoms with Gasteiger partial charge in [-0.05, 0) is 179 Å². The highest BCUT2D eigenvalue weighted by molar-refractivity contribution is 6.08. The topological polar surface area (TPSA) is 299 Å². The molecule has 6 fully saturated rings. The molecular weight excluding hydrogens is 1450 g/mol. The summed E-state index contributed by atoms with van der Waals surface area (Å²) >= 11 is 0. The van der Waals surface area contributed by atoms with Crippen molar-refractivity contribution in [2.45, 2.75) is 345 Å². The molecule has 6 saturated heterocycles. The summed E-state index contributed by atoms with van der Waals surface area (Å²) in [5.41, 5.74) is -5.30. The summed E-state index contributed by atoms with van der Waals surface area (Å²) in [6, 6.07) is 5.93. The number of imidazole rings is 2. The Morgan fingerprint density at radius 2 is 0.965 bits per heavy atom. The van der Waals surface area contributed by atoms with E-state index >= 15 is 4.39 Å². The molecule has 4 aromatic heterocycles. The van der Waals surface area contributed by atoms with E-state index in [1.165, 1.54) is 6.92 Å². The number of rotatable bonds is 18. The highest BCUT2D eigenvalue weighted by Crippen LogP contribution is 2.50. The number of Topliss-reactive ketones (excluding diaryl/α,β-unsaturated/α-hetero) is 4. The maximum Gasteiger partial charge on any atom is 0.410 e. The molecule has 1 N–H and O–H groups in total. The average Bonchev–Trinajstić information content (AvgIpc) is 1.60. The number of alkyl halides is 1. The van der Waals surface area contributed by atoms with Gasteiger partial charge in [-0.1, -0.05) is 118 Å². The van der Waals surface area contributed by atoms with Crippen LogP contribution < -0.4 is 0 Å². The highest BCUT2D eigenvalue weighted by Gasteiger charge is 2.65. The number of hydrogen-bond acceptors (Lipinski definition) is 21. The van der Waals surface area contributed by atoms with Crippen LogP contribution in [0.4, 0.5) is 14.0 Å². The molecule has 0 aliphatic carbocycles. The molecule has 10 heterocycles. The third-order valence-electron chi connectivity index (χ3n) is 26.7. The SMILES string of the molecule is CC[C@H]1OC(=O)[C@@](C)(F)C(=O)[C@H](C)[C@@H](O[C@@H]2O[C@H](C)C[C@H](C)[C@H]2O)C(C)(C)C[C@@H](C)C(=O)[C@H](C)[C@H]2N(CCCC(C)(C)n3cnc4cccnc43)C(=O)O[C@]12CC.CC[C@H]1OC(=O)[C@H](C)C(=O)[C@H](C)[C@@H](O[C@@H]2O[C@H](C)C[C@H](C)[C@H]2C)C(C)(C)C[C@@H](C)C(=O)[C@H](C)[C@H]2N(CCCC(C)(C)n3cnc4cccnc43)C(=O)O[C@]12CC. The first-order valence-electron chi connectivity index (χ1n) is 41.9. The van der Waals surface area contributed by atoms with Crippen molar-refractivity contribution in [2.75, 3.05) is 13.1 Å². The number of esters is 2. The molecule has 6 aliphatic heterocycles. The van der Waals surface area contributed by atoms with Crippen molar-refractivity contribution in [3.05, 3.63) is 49.3 Å². The van der Waals surface area contributed by atoms with Crippen LogP contribution in [0.25, 0.3) is 22.3 Å². The molecule has 24 atom stereocenters. The van der Waals surface area contributed by atoms with Crippen molar-refractivity contribution in [1.82, 2.24) is 38.9 Å². The number of aliphatic hydroxyl groups excluding tert-OH is 1. The molecule has 26 heteroatoms. The predicted octanol–water partition coefficient (Wildman–Crippen LogP) is 15.1. The smallest absolute Gasteiger partial charge is 0.410 e. The van der Waals surface area contributed by atoms with Gasteiger partial charge in [-0.25, -0.2) is 38.7 Å². The first-order valence-corrected chi connectivity index (χ1v) is 41.9. The Morgan fingerprint density at radius 3 is 1.41 bits per heavy atom. The molecule has 4 aromatic rings. The summed E-state index contributed by atoms with van der Waals surface area (Å²) in [6.45, 7) is 47.2. The zero-order valence-corrected chi connectivity index (χ0v) is 72.1. The van der Waals surface area contributed by atoms with E-state index in [9.17, 15) is 43.5 Å². The number of ether oxygens (including phenoxy) is 8. The molecule has 25 nitrogen and oxygen atoms in total. The number of pyridine rings is 2. The monoisotopic (exact) mass is 1580 g/mol. The molecule has 2 amide bonds. The van der Waals surface area contributed by atoms with Crippen molar-refractivity contribution in [3.63, 3.8) is 0 Å². The number of cyclic esters (lactones) is 2. The van der Waals surface area contributed by atoms with Crippen LogP contribution in [-0.4, -0.2) is 189 Å². The molecule has 0 spiro atoms. The summed E-state index contributed by atoms with van der Waals surface area (Å²) in [4.78, 5) is 136. The van der Waals surface area contributed by atoms with Gasteiger partial charge in [-0.15, -0.1) is 0 Å². The highest BCUT2D eigenvalue weighted by atomic mass is 19.1. The first kappa shape index (κ1) is 90.1. The summed E-state index contributed by atoms with van der Waals surface area (Å²) in [7, 11) is 0. The second-order valence-corrected chi connectivity index (χ2v) is 37.2. The quantitative estimate of drug-likeness (QED) is 0.0550. The van der Waals surface area contributed by atoms with E-state index in [0.717, 1.165) is 35.7 Å². The summed E-state index contributed by atoms with van der Waals surface area (Å²) in [6.07, 6.45) is 4.57. The summed E-state index contributed by atoms with van der Waals surface area (Å²) < 4.78 is 71.5. The molecule has 0 unspecified atom stereocenters. The number of nitrogens with zero attached hydrogens (tertiary/aromatic N) is 8. The van der Waals surface area contributed by atoms with Crippen LogP contribution in [0.1, 0.15) is 250 Å². The maximum atomic E-state index is 16.9. The van der Waals surface area contributed by atoms with Gasteiger partial charge in [0.2, 0.25) is 0 Å². The van der Waals surface area contributed by atoms with Gasteiger partial charge in [0.25, 0.3) is 5.67 Å². The molecule has 630 valence electrons. The van der Waals surface area contributed by atoms with Gasteiger partial charge < -0.3 is 61.9 Å². The second-order valence-electron chi connectivity index (χ2n) is 37.2. The van der Waals surface area contributed by atoms with Crippen molar-refractivity contribution in [3.8, 4) is 0 Å². The van der Waals surface area contributed by atoms with Gasteiger partial charge in [-0.3, -0.25) is 24.0 Å². The van der Waals surface area contributed by atoms with E-state index in [0.29, 0.717) is 63.8 Å². The molecule has 113 heavy (non-hydrogen) atoms. The fraction of sp³-hybridized carbons (Fsp3) is 0.770. The zero-order chi connectivity index (χ0) is 83.9. The van der Waals surface area contributed by atoms with Gasteiger partial charge in [0.15, 0.2) is 46.6 Å². The third-order valence-corrected chi connectivity index (χ3v) is 26.7. The fourth-order valence-corrected chi connectivity index (χ4v) is 20.2. The zero-order valence-electron chi connectivity index (χ0n) is 72.1. The van der Waals surface area contributed by atoms with Gasteiger partial charge in [0.05, 0.1) is 49.2 Å². The molecule has 6 aliphatic rings. The van der Waals surface area contributed by atoms with Crippen LogP contribution in [0.3, 0.4) is 0 Å². The number of fused-ring (bicyclic) bond motifs is 4. The lowest BCUT2D eigenvalue weighted by Crippen LogP contribution is -2.60. The first-order chi connectivity index (χ1) is 52.7. The third kappa shape index (κ3) is 18.0. The number of ketones is 4. The lowest BCUT2D eigenvalue weighted by Gasteiger charge is -2.46. The van der Waals surface area contributed by atoms with Crippen LogP contribution in [0.15, 0.2) is 49.3 Å². The number of halogens is 1. The number of amides is 2. The standard InChI is InChI=1S/C44H68N4O8.C43H65FN4O9/c1-14-33-44(15-2)36(47(41(52)56-44)21-17-19-43(12,13)48-24-46-32-18-16-20-45-38(32)48)29(7)34(49)26(4)23-42(10,11)37(30(8)35(50)31(9)39(51)54-33)55-40-28(6)25(3)22-27(5)53-40;1-13-30-43(14-2)33(47(39(53)57-43)20-16-18-41(10,11)48-23-46-29-17-15-19-45-36(29)48)27(6)31(49)25(4)22-40(8,9)35(28(7)34(51)42(12,44)38(52)55-30)56-37-32(50)24(3)21-26(5)54-37/h16,18,20,24-31,33,36-37,40H,14-15,17,19,21-23H2,1-13H3;15,17,19,23-28,30,32-33,35,37,50H,13-14,16,18,20-22H2,1-12H3/t25-,26+,27+,28+,29-,30-,31+,33+,36+,37+,40-,44+;24-,25+,26+,27-,28-,30+,32+,33+,35+,37-,42-,43+/m00/s1. The summed E-state index contributed by atoms with van der Waals surface area (Å²) in [5.74, 6) is -8.90. The Kier molecular flexibility index (Phi) is 28.0. The minimum absolute atomic E-state index is 0.00737. The molecule has 0 radical (unpaired) electrons. The van der Waals surface area contributed by atoms with Crippen LogP contribution in [-0.2, 0) is 77.7 Å². The van der Waals surface area contributed by atoms with Crippen LogP contribution >= 0.6 is 0 Å². The van der Waals surface area contributed by atoms with E-state index < -0.39 is 160 Å². The van der Waals surface area contributed by atoms with Crippen molar-refractivity contribution >= 4 is 69.6 Å². The normalized spacial score (nSPS) is 36.7. The van der Waals surface area contributed by atoms with E-state index in [1.54, 1.807) is 62.5 Å². The Balaban J connectivity index is 0.000000259. The number of carbonyl (C=O) groups is 8. The average molecular weight is 1580 g/mol. The largest absolute Gasteiger partial charge is 0.457 e. The van der Waals surface area contributed by atoms with Crippen LogP contribution in [0.5, 0.6) is 0 Å². The van der Waals surface area contributed by atoms with E-state index in [4.69, 9.17) is 37.9 Å². The molecule has 0 aromatic carbocycles. The van der Waals surface area contributed by atoms with Crippen molar-refractivity contribution in [2.24, 2.45) is 70.0 Å². The Labute approximate surface area is 669 Å². The van der Waals surface area contributed by atoms with Gasteiger partial charge in [0, 0.05) is 78.0 Å². The van der Waals surface area contributed by atoms with Crippen LogP contribution in [0.2, 0.25) is 0 Å². The molecule has 0 saturated carbocycles. The van der Waals surface area contributed by atoms with E-state index in [2.05, 4.69) is 66.0 Å². The van der Waals surface area contributed by atoms with E-state index in [1.807, 2.05) is 119 Å². The number of aliphatic hydroxyl groups is 1. The molecular formula is C87H133FN8O17. The minimum atomic E-state index is -3.11. The minimum Gasteiger partial charge on any atom is -0.457 e. The van der Waals surface area contributed by atoms with Crippen LogP contribution in [0, 0.1) is 70.0 Å². The van der Waals surface area contributed by atoms with Crippen molar-refractivity contribution in [1.29, 1.82) is 0 Å². The number of hydrogen-bond donors (Lipinski definition) is 1. The lowest BCUT2D eigenvalue weighted by atomic mass is 9.68. The second kappa shape index (κ2) is 35.1. The predicted molar refractivity (Wildman–Crippen MR) is 424 cm³/mol. The molecule has 10 rings (SSSR count). The Hall–Kier alpha value is -6.87. The fourth-order valence-electron chi connectivity index (χ4n) is 20.2. The van der Waals surface area contributed by atoms with Gasteiger partial charge >= 0.3 is 24.1 Å². The lowest BCUT2D eigenvalue weighted by molar-refractivity contribution is -0.284. The molecule has 0 bridgehead atoms. The number of aromatic nitrogens is 6.